The number of aromatic amines is 2. The zero-order valence-corrected chi connectivity index (χ0v) is 16.5. The van der Waals surface area contributed by atoms with Crippen molar-refractivity contribution in [3.8, 4) is 0 Å². The van der Waals surface area contributed by atoms with Crippen molar-refractivity contribution < 1.29 is 9.90 Å². The number of carbonyl (C=O) groups excluding carboxylic acids is 1. The monoisotopic (exact) mass is 393 g/mol. The summed E-state index contributed by atoms with van der Waals surface area (Å²) in [5, 5.41) is 10.1. The van der Waals surface area contributed by atoms with Gasteiger partial charge in [0.05, 0.1) is 17.6 Å². The van der Waals surface area contributed by atoms with Crippen LogP contribution in [-0.4, -0.2) is 45.6 Å². The van der Waals surface area contributed by atoms with E-state index in [0.29, 0.717) is 13.0 Å². The van der Waals surface area contributed by atoms with Gasteiger partial charge < -0.3 is 20.0 Å². The molecule has 2 aromatic carbocycles. The van der Waals surface area contributed by atoms with Gasteiger partial charge in [0, 0.05) is 24.9 Å². The van der Waals surface area contributed by atoms with Crippen molar-refractivity contribution >= 4 is 16.9 Å². The van der Waals surface area contributed by atoms with Gasteiger partial charge in [0.2, 0.25) is 5.91 Å². The Labute approximate surface area is 169 Å². The Bertz CT molecular complexity index is 1040. The third kappa shape index (κ3) is 4.12. The van der Waals surface area contributed by atoms with Crippen molar-refractivity contribution in [2.24, 2.45) is 0 Å². The van der Waals surface area contributed by atoms with E-state index in [1.54, 1.807) is 0 Å². The number of carbonyl (C=O) groups is 1. The van der Waals surface area contributed by atoms with Gasteiger partial charge in [-0.1, -0.05) is 36.4 Å². The molecular formula is C23H27N3O3. The summed E-state index contributed by atoms with van der Waals surface area (Å²) in [5.41, 5.74) is 3.24. The molecule has 0 aliphatic carbocycles. The fraction of sp³-hybridized carbons (Fsp3) is 0.391. The van der Waals surface area contributed by atoms with Crippen LogP contribution < -0.4 is 5.69 Å². The first-order valence-corrected chi connectivity index (χ1v) is 10.2. The standard InChI is InChI=1S/C23H27N3O3/c27-16-23(18-7-2-1-3-8-18)12-5-13-26(15-23)21(28)9-4-6-17-10-11-19-20(14-17)25-22(29)24-19/h1-3,7-8,10-11,14,27H,4-6,9,12-13,15-16H2,(H2,24,25,29). The highest BCUT2D eigenvalue weighted by Gasteiger charge is 2.37. The van der Waals surface area contributed by atoms with Crippen LogP contribution in [0.2, 0.25) is 0 Å². The lowest BCUT2D eigenvalue weighted by molar-refractivity contribution is -0.134. The van der Waals surface area contributed by atoms with Gasteiger partial charge in [0.1, 0.15) is 0 Å². The normalized spacial score (nSPS) is 19.6. The van der Waals surface area contributed by atoms with Crippen molar-refractivity contribution in [1.29, 1.82) is 0 Å². The number of rotatable bonds is 6. The van der Waals surface area contributed by atoms with Gasteiger partial charge >= 0.3 is 5.69 Å². The number of hydrogen-bond donors (Lipinski definition) is 3. The minimum absolute atomic E-state index is 0.0513. The molecule has 0 bridgehead atoms. The van der Waals surface area contributed by atoms with Crippen molar-refractivity contribution in [2.75, 3.05) is 19.7 Å². The lowest BCUT2D eigenvalue weighted by Gasteiger charge is -2.42. The Morgan fingerprint density at radius 1 is 1.10 bits per heavy atom. The van der Waals surface area contributed by atoms with Gasteiger partial charge in [-0.05, 0) is 48.9 Å². The summed E-state index contributed by atoms with van der Waals surface area (Å²) < 4.78 is 0. The number of H-pyrrole nitrogens is 2. The van der Waals surface area contributed by atoms with E-state index in [0.717, 1.165) is 54.4 Å². The molecule has 1 aliphatic heterocycles. The van der Waals surface area contributed by atoms with Gasteiger partial charge in [0.25, 0.3) is 0 Å². The van der Waals surface area contributed by atoms with Gasteiger partial charge in [-0.2, -0.15) is 0 Å². The van der Waals surface area contributed by atoms with Crippen molar-refractivity contribution in [1.82, 2.24) is 14.9 Å². The van der Waals surface area contributed by atoms with Crippen molar-refractivity contribution in [3.05, 3.63) is 70.1 Å². The predicted molar refractivity (Wildman–Crippen MR) is 113 cm³/mol. The van der Waals surface area contributed by atoms with Crippen LogP contribution in [0.15, 0.2) is 53.3 Å². The average molecular weight is 393 g/mol. The molecule has 0 saturated carbocycles. The maximum absolute atomic E-state index is 12.8. The number of aliphatic hydroxyl groups is 1. The van der Waals surface area contributed by atoms with Crippen molar-refractivity contribution in [3.63, 3.8) is 0 Å². The summed E-state index contributed by atoms with van der Waals surface area (Å²) >= 11 is 0. The van der Waals surface area contributed by atoms with Crippen LogP contribution in [0.3, 0.4) is 0 Å². The van der Waals surface area contributed by atoms with E-state index in [2.05, 4.69) is 9.97 Å². The van der Waals surface area contributed by atoms with E-state index < -0.39 is 0 Å². The van der Waals surface area contributed by atoms with Crippen LogP contribution in [-0.2, 0) is 16.6 Å². The Kier molecular flexibility index (Phi) is 5.53. The fourth-order valence-corrected chi connectivity index (χ4v) is 4.43. The summed E-state index contributed by atoms with van der Waals surface area (Å²) in [6.07, 6.45) is 3.82. The first-order valence-electron chi connectivity index (χ1n) is 10.2. The summed E-state index contributed by atoms with van der Waals surface area (Å²) in [7, 11) is 0. The van der Waals surface area contributed by atoms with Crippen LogP contribution in [0, 0.1) is 0 Å². The summed E-state index contributed by atoms with van der Waals surface area (Å²) in [6.45, 7) is 1.38. The lowest BCUT2D eigenvalue weighted by atomic mass is 9.74. The van der Waals surface area contributed by atoms with Crippen molar-refractivity contribution in [2.45, 2.75) is 37.5 Å². The molecule has 3 aromatic rings. The number of aliphatic hydroxyl groups excluding tert-OH is 1. The van der Waals surface area contributed by atoms with Gasteiger partial charge in [-0.25, -0.2) is 4.79 Å². The number of piperidine rings is 1. The summed E-state index contributed by atoms with van der Waals surface area (Å²) in [4.78, 5) is 31.6. The molecule has 4 rings (SSSR count). The molecule has 1 fully saturated rings. The molecule has 6 heteroatoms. The van der Waals surface area contributed by atoms with E-state index in [1.807, 2.05) is 53.4 Å². The van der Waals surface area contributed by atoms with Crippen LogP contribution >= 0.6 is 0 Å². The predicted octanol–water partition coefficient (Wildman–Crippen LogP) is 2.73. The number of likely N-dealkylation sites (tertiary alicyclic amines) is 1. The Hall–Kier alpha value is -2.86. The van der Waals surface area contributed by atoms with E-state index in [9.17, 15) is 14.7 Å². The first-order chi connectivity index (χ1) is 14.1. The van der Waals surface area contributed by atoms with E-state index in [4.69, 9.17) is 0 Å². The second-order valence-corrected chi connectivity index (χ2v) is 8.04. The molecular weight excluding hydrogens is 366 g/mol. The van der Waals surface area contributed by atoms with Gasteiger partial charge in [-0.15, -0.1) is 0 Å². The van der Waals surface area contributed by atoms with Crippen LogP contribution in [0.25, 0.3) is 11.0 Å². The molecule has 1 saturated heterocycles. The molecule has 1 aliphatic rings. The number of benzene rings is 2. The third-order valence-electron chi connectivity index (χ3n) is 6.05. The largest absolute Gasteiger partial charge is 0.395 e. The van der Waals surface area contributed by atoms with Gasteiger partial charge in [0.15, 0.2) is 0 Å². The molecule has 1 atom stereocenters. The van der Waals surface area contributed by atoms with Crippen LogP contribution in [0.4, 0.5) is 0 Å². The molecule has 0 spiro atoms. The molecule has 1 unspecified atom stereocenters. The average Bonchev–Trinajstić information content (AvgIpc) is 3.13. The SMILES string of the molecule is O=C(CCCc1ccc2[nH]c(=O)[nH]c2c1)N1CCCC(CO)(c2ccccc2)C1. The second-order valence-electron chi connectivity index (χ2n) is 8.04. The smallest absolute Gasteiger partial charge is 0.323 e. The lowest BCUT2D eigenvalue weighted by Crippen LogP contribution is -2.50. The Balaban J connectivity index is 1.37. The zero-order chi connectivity index (χ0) is 20.3. The van der Waals surface area contributed by atoms with Crippen LogP contribution in [0.5, 0.6) is 0 Å². The molecule has 3 N–H and O–H groups in total. The molecule has 29 heavy (non-hydrogen) atoms. The highest BCUT2D eigenvalue weighted by atomic mass is 16.3. The number of nitrogens with one attached hydrogen (secondary N) is 2. The Morgan fingerprint density at radius 3 is 2.69 bits per heavy atom. The molecule has 1 amide bonds. The molecule has 2 heterocycles. The third-order valence-corrected chi connectivity index (χ3v) is 6.05. The maximum atomic E-state index is 12.8. The quantitative estimate of drug-likeness (QED) is 0.602. The number of aryl methyl sites for hydroxylation is 1. The highest BCUT2D eigenvalue weighted by Crippen LogP contribution is 2.34. The topological polar surface area (TPSA) is 89.2 Å². The first kappa shape index (κ1) is 19.5. The fourth-order valence-electron chi connectivity index (χ4n) is 4.43. The molecule has 6 nitrogen and oxygen atoms in total. The second kappa shape index (κ2) is 8.25. The Morgan fingerprint density at radius 2 is 1.90 bits per heavy atom. The summed E-state index contributed by atoms with van der Waals surface area (Å²) in [5.74, 6) is 0.148. The van der Waals surface area contributed by atoms with E-state index >= 15 is 0 Å². The minimum Gasteiger partial charge on any atom is -0.395 e. The number of amides is 1. The molecule has 152 valence electrons. The minimum atomic E-state index is -0.361. The number of hydrogen-bond acceptors (Lipinski definition) is 3. The van der Waals surface area contributed by atoms with E-state index in [1.165, 1.54) is 0 Å². The van der Waals surface area contributed by atoms with Crippen LogP contribution in [0.1, 0.15) is 36.8 Å². The number of imidazole rings is 1. The summed E-state index contributed by atoms with van der Waals surface area (Å²) in [6, 6.07) is 15.9. The molecule has 0 radical (unpaired) electrons. The van der Waals surface area contributed by atoms with E-state index in [-0.39, 0.29) is 23.6 Å². The number of nitrogens with zero attached hydrogens (tertiary/aromatic N) is 1. The number of fused-ring (bicyclic) bond motifs is 1. The number of aromatic nitrogens is 2. The zero-order valence-electron chi connectivity index (χ0n) is 16.5. The highest BCUT2D eigenvalue weighted by molar-refractivity contribution is 5.77. The maximum Gasteiger partial charge on any atom is 0.323 e. The molecule has 1 aromatic heterocycles. The van der Waals surface area contributed by atoms with Gasteiger partial charge in [-0.3, -0.25) is 4.79 Å².